The molecule has 1 heterocycles. The highest BCUT2D eigenvalue weighted by Gasteiger charge is 2.25. The smallest absolute Gasteiger partial charge is 0.251 e. The van der Waals surface area contributed by atoms with E-state index in [1.165, 1.54) is 10.6 Å². The van der Waals surface area contributed by atoms with Crippen molar-refractivity contribution in [2.24, 2.45) is 0 Å². The van der Waals surface area contributed by atoms with E-state index in [2.05, 4.69) is 21.2 Å². The summed E-state index contributed by atoms with van der Waals surface area (Å²) >= 11 is 3.42. The van der Waals surface area contributed by atoms with Gasteiger partial charge in [0, 0.05) is 16.6 Å². The highest BCUT2D eigenvalue weighted by molar-refractivity contribution is 9.10. The molecule has 144 valence electrons. The first-order valence-corrected chi connectivity index (χ1v) is 11.6. The Hall–Kier alpha value is -1.86. The lowest BCUT2D eigenvalue weighted by atomic mass is 9.99. The molecule has 3 rings (SSSR count). The van der Waals surface area contributed by atoms with E-state index in [0.717, 1.165) is 34.9 Å². The van der Waals surface area contributed by atoms with Gasteiger partial charge in [0.1, 0.15) is 0 Å². The summed E-state index contributed by atoms with van der Waals surface area (Å²) in [7, 11) is -3.31. The highest BCUT2D eigenvalue weighted by Crippen LogP contribution is 2.30. The zero-order valence-electron chi connectivity index (χ0n) is 15.4. The third-order valence-electron chi connectivity index (χ3n) is 4.80. The molecule has 0 spiro atoms. The van der Waals surface area contributed by atoms with Crippen LogP contribution in [-0.4, -0.2) is 27.1 Å². The molecule has 2 aromatic rings. The van der Waals surface area contributed by atoms with E-state index >= 15 is 0 Å². The number of hydrogen-bond donors (Lipinski definition) is 1. The van der Waals surface area contributed by atoms with Gasteiger partial charge in [-0.05, 0) is 60.7 Å². The lowest BCUT2D eigenvalue weighted by Gasteiger charge is -2.29. The minimum Gasteiger partial charge on any atom is -0.345 e. The van der Waals surface area contributed by atoms with Crippen molar-refractivity contribution >= 4 is 37.5 Å². The van der Waals surface area contributed by atoms with Crippen LogP contribution in [0.15, 0.2) is 46.9 Å². The minimum atomic E-state index is -3.31. The third kappa shape index (κ3) is 4.52. The highest BCUT2D eigenvalue weighted by atomic mass is 79.9. The number of hydrogen-bond acceptors (Lipinski definition) is 3. The second-order valence-electron chi connectivity index (χ2n) is 6.77. The second kappa shape index (κ2) is 8.02. The van der Waals surface area contributed by atoms with Gasteiger partial charge >= 0.3 is 0 Å². The first-order valence-electron chi connectivity index (χ1n) is 8.96. The Kier molecular flexibility index (Phi) is 5.91. The maximum Gasteiger partial charge on any atom is 0.251 e. The van der Waals surface area contributed by atoms with Gasteiger partial charge in [-0.15, -0.1) is 0 Å². The number of anilines is 1. The summed E-state index contributed by atoms with van der Waals surface area (Å²) in [4.78, 5) is 12.8. The van der Waals surface area contributed by atoms with E-state index in [9.17, 15) is 13.2 Å². The van der Waals surface area contributed by atoms with Gasteiger partial charge in [-0.1, -0.05) is 35.0 Å². The normalized spacial score (nSPS) is 15.1. The molecule has 27 heavy (non-hydrogen) atoms. The molecule has 0 aromatic heterocycles. The molecule has 1 N–H and O–H groups in total. The second-order valence-corrected chi connectivity index (χ2v) is 9.59. The zero-order valence-corrected chi connectivity index (χ0v) is 17.8. The lowest BCUT2D eigenvalue weighted by Crippen LogP contribution is -2.35. The largest absolute Gasteiger partial charge is 0.345 e. The number of sulfonamides is 1. The molecule has 1 aliphatic heterocycles. The first-order chi connectivity index (χ1) is 12.8. The summed E-state index contributed by atoms with van der Waals surface area (Å²) in [5.74, 6) is -0.149. The molecule has 0 saturated heterocycles. The van der Waals surface area contributed by atoms with Crippen molar-refractivity contribution < 1.29 is 13.2 Å². The van der Waals surface area contributed by atoms with Crippen LogP contribution >= 0.6 is 15.9 Å². The Morgan fingerprint density at radius 1 is 1.22 bits per heavy atom. The average molecular weight is 451 g/mol. The standard InChI is InChI=1S/C20H23BrN2O3S/c1-3-18(14-6-9-17(21)10-7-14)22-20(24)16-8-11-19-15(13-16)5-4-12-23(19)27(2,25)26/h6-11,13,18H,3-5,12H2,1-2H3,(H,22,24)/t18-/m0/s1. The van der Waals surface area contributed by atoms with Gasteiger partial charge in [0.15, 0.2) is 0 Å². The molecule has 0 unspecified atom stereocenters. The van der Waals surface area contributed by atoms with Crippen molar-refractivity contribution in [1.29, 1.82) is 0 Å². The molecular formula is C20H23BrN2O3S. The predicted molar refractivity (Wildman–Crippen MR) is 112 cm³/mol. The number of halogens is 1. The van der Waals surface area contributed by atoms with Crippen LogP contribution in [0.1, 0.15) is 47.3 Å². The van der Waals surface area contributed by atoms with Gasteiger partial charge in [-0.2, -0.15) is 0 Å². The fourth-order valence-corrected chi connectivity index (χ4v) is 4.67. The Balaban J connectivity index is 1.82. The summed E-state index contributed by atoms with van der Waals surface area (Å²) < 4.78 is 26.4. The van der Waals surface area contributed by atoms with Gasteiger partial charge in [0.05, 0.1) is 18.0 Å². The molecule has 0 fully saturated rings. The third-order valence-corrected chi connectivity index (χ3v) is 6.51. The molecule has 0 radical (unpaired) electrons. The van der Waals surface area contributed by atoms with Crippen LogP contribution in [0.5, 0.6) is 0 Å². The Morgan fingerprint density at radius 2 is 1.93 bits per heavy atom. The van der Waals surface area contributed by atoms with Crippen LogP contribution in [-0.2, 0) is 16.4 Å². The van der Waals surface area contributed by atoms with Crippen molar-refractivity contribution in [3.05, 3.63) is 63.6 Å². The molecule has 7 heteroatoms. The maximum atomic E-state index is 12.8. The number of nitrogens with one attached hydrogen (secondary N) is 1. The van der Waals surface area contributed by atoms with Crippen molar-refractivity contribution in [3.63, 3.8) is 0 Å². The van der Waals surface area contributed by atoms with Gasteiger partial charge in [-0.3, -0.25) is 9.10 Å². The minimum absolute atomic E-state index is 0.0749. The Bertz CT molecular complexity index is 942. The predicted octanol–water partition coefficient (Wildman–Crippen LogP) is 4.04. The maximum absolute atomic E-state index is 12.8. The topological polar surface area (TPSA) is 66.5 Å². The number of aryl methyl sites for hydroxylation is 1. The van der Waals surface area contributed by atoms with E-state index < -0.39 is 10.0 Å². The lowest BCUT2D eigenvalue weighted by molar-refractivity contribution is 0.0935. The fourth-order valence-electron chi connectivity index (χ4n) is 3.41. The zero-order chi connectivity index (χ0) is 19.6. The molecule has 0 bridgehead atoms. The number of rotatable bonds is 5. The van der Waals surface area contributed by atoms with Crippen molar-refractivity contribution in [2.75, 3.05) is 17.1 Å². The van der Waals surface area contributed by atoms with Crippen LogP contribution < -0.4 is 9.62 Å². The summed E-state index contributed by atoms with van der Waals surface area (Å²) in [5, 5.41) is 3.08. The van der Waals surface area contributed by atoms with E-state index in [-0.39, 0.29) is 11.9 Å². The Labute approximate surface area is 169 Å². The van der Waals surface area contributed by atoms with E-state index in [1.807, 2.05) is 37.3 Å². The van der Waals surface area contributed by atoms with Crippen LogP contribution in [0.2, 0.25) is 0 Å². The summed E-state index contributed by atoms with van der Waals surface area (Å²) in [6.07, 6.45) is 3.51. The van der Waals surface area contributed by atoms with Crippen molar-refractivity contribution in [2.45, 2.75) is 32.2 Å². The van der Waals surface area contributed by atoms with Crippen molar-refractivity contribution in [3.8, 4) is 0 Å². The van der Waals surface area contributed by atoms with Crippen LogP contribution in [0.3, 0.4) is 0 Å². The number of carbonyl (C=O) groups is 1. The number of benzene rings is 2. The molecule has 1 aliphatic rings. The number of amides is 1. The quantitative estimate of drug-likeness (QED) is 0.746. The van der Waals surface area contributed by atoms with Crippen LogP contribution in [0.4, 0.5) is 5.69 Å². The van der Waals surface area contributed by atoms with Gasteiger partial charge in [-0.25, -0.2) is 8.42 Å². The van der Waals surface area contributed by atoms with Gasteiger partial charge in [0.25, 0.3) is 5.91 Å². The van der Waals surface area contributed by atoms with Gasteiger partial charge < -0.3 is 5.32 Å². The molecular weight excluding hydrogens is 428 g/mol. The van der Waals surface area contributed by atoms with E-state index in [0.29, 0.717) is 17.8 Å². The first kappa shape index (κ1) is 19.9. The van der Waals surface area contributed by atoms with Gasteiger partial charge in [0.2, 0.25) is 10.0 Å². The number of fused-ring (bicyclic) bond motifs is 1. The van der Waals surface area contributed by atoms with Crippen LogP contribution in [0.25, 0.3) is 0 Å². The van der Waals surface area contributed by atoms with E-state index in [1.54, 1.807) is 12.1 Å². The monoisotopic (exact) mass is 450 g/mol. The summed E-state index contributed by atoms with van der Waals surface area (Å²) in [6, 6.07) is 13.1. The molecule has 5 nitrogen and oxygen atoms in total. The fraction of sp³-hybridized carbons (Fsp3) is 0.350. The number of nitrogens with zero attached hydrogens (tertiary/aromatic N) is 1. The molecule has 1 atom stereocenters. The molecule has 0 aliphatic carbocycles. The molecule has 2 aromatic carbocycles. The van der Waals surface area contributed by atoms with Crippen LogP contribution in [0, 0.1) is 0 Å². The molecule has 1 amide bonds. The average Bonchev–Trinajstić information content (AvgIpc) is 2.65. The SMILES string of the molecule is CC[C@H](NC(=O)c1ccc2c(c1)CCCN2S(C)(=O)=O)c1ccc(Br)cc1. The number of carbonyl (C=O) groups excluding carboxylic acids is 1. The summed E-state index contributed by atoms with van der Waals surface area (Å²) in [5.41, 5.74) is 3.19. The Morgan fingerprint density at radius 3 is 2.56 bits per heavy atom. The summed E-state index contributed by atoms with van der Waals surface area (Å²) in [6.45, 7) is 2.52. The van der Waals surface area contributed by atoms with E-state index in [4.69, 9.17) is 0 Å². The van der Waals surface area contributed by atoms with Crippen molar-refractivity contribution in [1.82, 2.24) is 5.32 Å². The molecule has 0 saturated carbocycles.